The number of H-pyrrole nitrogens is 2. The molecular formula is C52H62N8O9. The second-order valence-corrected chi connectivity index (χ2v) is 19.2. The number of alkyl carbamates (subject to hydrolysis) is 1. The summed E-state index contributed by atoms with van der Waals surface area (Å²) >= 11 is 0. The van der Waals surface area contributed by atoms with Gasteiger partial charge in [0, 0.05) is 67.2 Å². The number of benzene rings is 3. The molecule has 3 aromatic carbocycles. The predicted octanol–water partition coefficient (Wildman–Crippen LogP) is 8.37. The first-order valence-corrected chi connectivity index (χ1v) is 24.7. The van der Waals surface area contributed by atoms with Crippen molar-refractivity contribution in [1.82, 2.24) is 40.4 Å². The Kier molecular flexibility index (Phi) is 13.1. The van der Waals surface area contributed by atoms with E-state index < -0.39 is 24.3 Å². The van der Waals surface area contributed by atoms with Crippen molar-refractivity contribution in [3.05, 3.63) is 83.7 Å². The van der Waals surface area contributed by atoms with E-state index in [1.54, 1.807) is 4.90 Å². The van der Waals surface area contributed by atoms with Gasteiger partial charge in [0.15, 0.2) is 0 Å². The highest BCUT2D eigenvalue weighted by Crippen LogP contribution is 2.55. The first kappa shape index (κ1) is 46.3. The summed E-state index contributed by atoms with van der Waals surface area (Å²) in [5, 5.41) is 17.2. The van der Waals surface area contributed by atoms with E-state index in [4.69, 9.17) is 28.9 Å². The largest absolute Gasteiger partial charge is 0.465 e. The highest BCUT2D eigenvalue weighted by molar-refractivity contribution is 5.94. The molecule has 364 valence electrons. The van der Waals surface area contributed by atoms with Gasteiger partial charge in [0.25, 0.3) is 0 Å². The number of hydrogen-bond acceptors (Lipinski definition) is 10. The van der Waals surface area contributed by atoms with Crippen molar-refractivity contribution >= 4 is 34.8 Å². The van der Waals surface area contributed by atoms with Crippen molar-refractivity contribution in [1.29, 1.82) is 0 Å². The van der Waals surface area contributed by atoms with Crippen LogP contribution < -0.4 is 15.4 Å². The molecule has 69 heavy (non-hydrogen) atoms. The van der Waals surface area contributed by atoms with Crippen LogP contribution in [0.15, 0.2) is 60.9 Å². The van der Waals surface area contributed by atoms with Crippen LogP contribution in [0.5, 0.6) is 11.5 Å². The minimum Gasteiger partial charge on any atom is -0.465 e. The number of aromatic amines is 2. The van der Waals surface area contributed by atoms with Crippen LogP contribution >= 0.6 is 0 Å². The number of imidazole rings is 2. The molecule has 4 atom stereocenters. The van der Waals surface area contributed by atoms with Crippen LogP contribution in [-0.2, 0) is 29.2 Å². The van der Waals surface area contributed by atoms with Gasteiger partial charge in [-0.15, -0.1) is 0 Å². The van der Waals surface area contributed by atoms with Gasteiger partial charge < -0.3 is 54.5 Å². The number of likely N-dealkylation sites (tertiary alicyclic amines) is 2. The Labute approximate surface area is 401 Å². The summed E-state index contributed by atoms with van der Waals surface area (Å²) in [6.07, 6.45) is 9.25. The first-order valence-electron chi connectivity index (χ1n) is 24.7. The van der Waals surface area contributed by atoms with Gasteiger partial charge in [-0.3, -0.25) is 9.59 Å². The molecule has 0 bridgehead atoms. The number of nitrogens with one attached hydrogen (secondary N) is 4. The van der Waals surface area contributed by atoms with Crippen LogP contribution in [-0.4, -0.2) is 118 Å². The zero-order valence-electron chi connectivity index (χ0n) is 39.6. The third-order valence-electron chi connectivity index (χ3n) is 15.6. The molecule has 0 saturated carbocycles. The van der Waals surface area contributed by atoms with Crippen LogP contribution in [0.25, 0.3) is 33.3 Å². The van der Waals surface area contributed by atoms with E-state index in [2.05, 4.69) is 83.0 Å². The number of ether oxygens (including phenoxy) is 4. The standard InChI is InChI=1S/C52H62N8O9/c1-4-52(5-2)36-14-11-34(38-29-54-47(56-38)40-9-7-21-60(40)49(62)45(58-51(65)66-3)31-18-24-68-25-19-31)27-42(36)69-41-15-12-32-26-33(10-13-35(32)43(41)52)37-28-53-46(55-37)39-8-6-20-59(39)48(61)44(57-50(63)64)30-16-22-67-23-17-30/h10-15,26-31,39-40,44-45,57H,4-9,16-25H2,1-3H3,(H,53,55)(H,54,56)(H,58,65)(H,63,64)/t39-,40-,44-,45+/m1/s1. The Morgan fingerprint density at radius 2 is 1.29 bits per heavy atom. The molecule has 4 amide bonds. The summed E-state index contributed by atoms with van der Waals surface area (Å²) in [6, 6.07) is 14.9. The van der Waals surface area contributed by atoms with Gasteiger partial charge in [0.05, 0.1) is 43.0 Å². The van der Waals surface area contributed by atoms with Crippen molar-refractivity contribution in [3.8, 4) is 34.0 Å². The smallest absolute Gasteiger partial charge is 0.407 e. The SMILES string of the molecule is CCC1(CC)c2ccc(-c3cnc([C@H]4CCCN4C(=O)[C@@H](NC(=O)OC)C4CCOCC4)[nH]3)cc2Oc2ccc3cc(-c4cnc([C@H]5CCCN5C(=O)[C@H](NC(=O)O)C5CCOCC5)[nH]4)ccc3c21. The topological polar surface area (TPSA) is 213 Å². The molecule has 0 unspecified atom stereocenters. The average Bonchev–Trinajstić information content (AvgIpc) is 4.24. The van der Waals surface area contributed by atoms with Gasteiger partial charge in [-0.2, -0.15) is 0 Å². The van der Waals surface area contributed by atoms with E-state index >= 15 is 0 Å². The molecular weight excluding hydrogens is 881 g/mol. The van der Waals surface area contributed by atoms with Crippen molar-refractivity contribution in [2.24, 2.45) is 11.8 Å². The molecule has 0 aliphatic carbocycles. The predicted molar refractivity (Wildman–Crippen MR) is 256 cm³/mol. The molecule has 4 saturated heterocycles. The molecule has 10 rings (SSSR count). The summed E-state index contributed by atoms with van der Waals surface area (Å²) in [5.41, 5.74) is 5.50. The molecule has 2 aromatic heterocycles. The lowest BCUT2D eigenvalue weighted by Gasteiger charge is -2.40. The Morgan fingerprint density at radius 1 is 0.739 bits per heavy atom. The fourth-order valence-corrected chi connectivity index (χ4v) is 11.9. The second-order valence-electron chi connectivity index (χ2n) is 19.2. The summed E-state index contributed by atoms with van der Waals surface area (Å²) in [4.78, 5) is 72.7. The summed E-state index contributed by atoms with van der Waals surface area (Å²) in [7, 11) is 1.31. The minimum atomic E-state index is -1.20. The van der Waals surface area contributed by atoms with Gasteiger partial charge in [-0.1, -0.05) is 44.2 Å². The fraction of sp³-hybridized carbons (Fsp3) is 0.500. The number of methoxy groups -OCH3 is 1. The highest BCUT2D eigenvalue weighted by atomic mass is 16.5. The van der Waals surface area contributed by atoms with Crippen molar-refractivity contribution in [2.45, 2.75) is 108 Å². The van der Waals surface area contributed by atoms with Crippen LogP contribution in [0.2, 0.25) is 0 Å². The van der Waals surface area contributed by atoms with Crippen molar-refractivity contribution < 1.29 is 43.2 Å². The Bertz CT molecular complexity index is 2720. The lowest BCUT2D eigenvalue weighted by molar-refractivity contribution is -0.137. The minimum absolute atomic E-state index is 0.0482. The highest BCUT2D eigenvalue weighted by Gasteiger charge is 2.44. The summed E-state index contributed by atoms with van der Waals surface area (Å²) < 4.78 is 22.8. The molecule has 5 aromatic rings. The molecule has 5 aliphatic rings. The summed E-state index contributed by atoms with van der Waals surface area (Å²) in [5.74, 6) is 2.50. The van der Waals surface area contributed by atoms with E-state index in [0.29, 0.717) is 76.8 Å². The zero-order chi connectivity index (χ0) is 47.8. The van der Waals surface area contributed by atoms with Gasteiger partial charge in [-0.05, 0) is 105 Å². The molecule has 4 fully saturated rings. The van der Waals surface area contributed by atoms with E-state index in [9.17, 15) is 24.3 Å². The molecule has 7 heterocycles. The first-order chi connectivity index (χ1) is 33.6. The van der Waals surface area contributed by atoms with E-state index in [1.165, 1.54) is 7.11 Å². The van der Waals surface area contributed by atoms with Gasteiger partial charge >= 0.3 is 12.2 Å². The molecule has 5 aliphatic heterocycles. The number of carbonyl (C=O) groups is 4. The average molecular weight is 943 g/mol. The number of fused-ring (bicyclic) bond motifs is 4. The lowest BCUT2D eigenvalue weighted by atomic mass is 9.67. The van der Waals surface area contributed by atoms with Crippen LogP contribution in [0, 0.1) is 11.8 Å². The molecule has 5 N–H and O–H groups in total. The maximum atomic E-state index is 14.2. The Morgan fingerprint density at radius 3 is 1.84 bits per heavy atom. The maximum Gasteiger partial charge on any atom is 0.407 e. The molecule has 0 spiro atoms. The second kappa shape index (κ2) is 19.5. The van der Waals surface area contributed by atoms with E-state index in [0.717, 1.165) is 94.4 Å². The maximum absolute atomic E-state index is 14.2. The van der Waals surface area contributed by atoms with E-state index in [-0.39, 0.29) is 41.1 Å². The number of carbonyl (C=O) groups excluding carboxylic acids is 3. The number of hydrogen-bond donors (Lipinski definition) is 5. The quantitative estimate of drug-likeness (QED) is 0.0801. The van der Waals surface area contributed by atoms with Gasteiger partial charge in [-0.25, -0.2) is 19.6 Å². The fourth-order valence-electron chi connectivity index (χ4n) is 11.9. The van der Waals surface area contributed by atoms with E-state index in [1.807, 2.05) is 17.3 Å². The van der Waals surface area contributed by atoms with Crippen molar-refractivity contribution in [2.75, 3.05) is 46.6 Å². The number of carboxylic acid groups (broad SMARTS) is 1. The van der Waals surface area contributed by atoms with Gasteiger partial charge in [0.1, 0.15) is 35.2 Å². The third-order valence-corrected chi connectivity index (χ3v) is 15.6. The van der Waals surface area contributed by atoms with Crippen LogP contribution in [0.1, 0.15) is 113 Å². The molecule has 0 radical (unpaired) electrons. The van der Waals surface area contributed by atoms with Crippen LogP contribution in [0.4, 0.5) is 9.59 Å². The monoisotopic (exact) mass is 942 g/mol. The van der Waals surface area contributed by atoms with Crippen molar-refractivity contribution in [3.63, 3.8) is 0 Å². The number of nitrogens with zero attached hydrogens (tertiary/aromatic N) is 4. The van der Waals surface area contributed by atoms with Crippen LogP contribution in [0.3, 0.4) is 0 Å². The zero-order valence-corrected chi connectivity index (χ0v) is 39.6. The summed E-state index contributed by atoms with van der Waals surface area (Å²) in [6.45, 7) is 7.69. The Hall–Kier alpha value is -6.46. The number of aromatic nitrogens is 4. The number of rotatable bonds is 12. The van der Waals surface area contributed by atoms with Gasteiger partial charge in [0.2, 0.25) is 11.8 Å². The molecule has 17 heteroatoms. The normalized spacial score (nSPS) is 21.3. The Balaban J connectivity index is 0.885. The third kappa shape index (κ3) is 8.68. The lowest BCUT2D eigenvalue weighted by Crippen LogP contribution is -2.53. The number of amides is 4. The molecule has 17 nitrogen and oxygen atoms in total.